The third-order valence-electron chi connectivity index (χ3n) is 4.75. The average molecular weight is 534 g/mol. The molecule has 3 unspecified atom stereocenters. The van der Waals surface area contributed by atoms with Crippen LogP contribution in [0.1, 0.15) is 6.23 Å². The Labute approximate surface area is 188 Å². The Bertz CT molecular complexity index is 1080. The van der Waals surface area contributed by atoms with Crippen LogP contribution in [0.3, 0.4) is 0 Å². The minimum atomic E-state index is -5.79. The topological polar surface area (TPSA) is 282 Å². The number of aliphatic hydroxyl groups excluding tert-OH is 5. The van der Waals surface area contributed by atoms with Gasteiger partial charge in [0.05, 0.1) is 13.2 Å². The van der Waals surface area contributed by atoms with Crippen LogP contribution >= 0.6 is 15.6 Å². The number of aliphatic hydroxyl groups is 5. The van der Waals surface area contributed by atoms with Gasteiger partial charge in [0.2, 0.25) is 0 Å². The Balaban J connectivity index is 1.59. The van der Waals surface area contributed by atoms with E-state index in [1.807, 2.05) is 4.98 Å². The number of nitrogens with zero attached hydrogens (tertiary/aromatic N) is 1. The Kier molecular flexibility index (Phi) is 8.28. The van der Waals surface area contributed by atoms with Gasteiger partial charge in [0.1, 0.15) is 36.6 Å². The molecule has 0 bridgehead atoms. The maximum atomic E-state index is 11.9. The minimum Gasteiger partial charge on any atom is -0.756 e. The highest BCUT2D eigenvalue weighted by Crippen LogP contribution is 2.56. The summed E-state index contributed by atoms with van der Waals surface area (Å²) >= 11 is 0. The van der Waals surface area contributed by atoms with E-state index in [2.05, 4.69) is 18.1 Å². The van der Waals surface area contributed by atoms with Crippen molar-refractivity contribution < 1.29 is 67.3 Å². The number of ether oxygens (including phenoxy) is 2. The first-order chi connectivity index (χ1) is 15.7. The van der Waals surface area contributed by atoms with E-state index in [0.717, 1.165) is 12.3 Å². The van der Waals surface area contributed by atoms with Crippen molar-refractivity contribution in [1.29, 1.82) is 0 Å². The van der Waals surface area contributed by atoms with Crippen LogP contribution in [0.4, 0.5) is 0 Å². The summed E-state index contributed by atoms with van der Waals surface area (Å²) in [6.45, 7) is -1.73. The number of phosphoric ester groups is 2. The van der Waals surface area contributed by atoms with E-state index in [0.29, 0.717) is 4.57 Å². The molecule has 1 aromatic heterocycles. The van der Waals surface area contributed by atoms with Crippen LogP contribution in [0, 0.1) is 0 Å². The summed E-state index contributed by atoms with van der Waals surface area (Å²) < 4.78 is 46.8. The van der Waals surface area contributed by atoms with Crippen molar-refractivity contribution in [3.63, 3.8) is 0 Å². The quantitative estimate of drug-likeness (QED) is 0.170. The molecule has 2 aliphatic heterocycles. The van der Waals surface area contributed by atoms with Crippen LogP contribution < -0.4 is 21.0 Å². The molecule has 34 heavy (non-hydrogen) atoms. The van der Waals surface area contributed by atoms with E-state index >= 15 is 0 Å². The average Bonchev–Trinajstić information content (AvgIpc) is 3.00. The van der Waals surface area contributed by atoms with Crippen LogP contribution in [0.25, 0.3) is 0 Å². The number of H-pyrrole nitrogens is 1. The van der Waals surface area contributed by atoms with Gasteiger partial charge in [0, 0.05) is 12.3 Å². The number of hydrogen-bond donors (Lipinski definition) is 6. The number of aromatic amines is 1. The first kappa shape index (κ1) is 27.3. The van der Waals surface area contributed by atoms with Gasteiger partial charge >= 0.3 is 5.69 Å². The van der Waals surface area contributed by atoms with Gasteiger partial charge in [-0.05, 0) is 0 Å². The molecule has 194 valence electrons. The summed E-state index contributed by atoms with van der Waals surface area (Å²) in [6.07, 6.45) is -13.4. The predicted octanol–water partition coefficient (Wildman–Crippen LogP) is -5.42. The van der Waals surface area contributed by atoms with E-state index in [1.54, 1.807) is 0 Å². The largest absolute Gasteiger partial charge is 0.756 e. The maximum absolute atomic E-state index is 11.9. The van der Waals surface area contributed by atoms with Crippen molar-refractivity contribution >= 4 is 15.6 Å². The molecule has 3 heterocycles. The fourth-order valence-electron chi connectivity index (χ4n) is 3.05. The highest BCUT2D eigenvalue weighted by molar-refractivity contribution is 7.59. The van der Waals surface area contributed by atoms with Crippen molar-refractivity contribution in [3.05, 3.63) is 33.1 Å². The highest BCUT2D eigenvalue weighted by atomic mass is 31.3. The standard InChI is InChI=1S/C14H22N2O16P2/c17-5-3-28-13(11(22)8(5)19)31-34(26,27)32-33(24,25)29-4-6-9(20)10(21)12(30-6)16-2-1-7(18)15-14(16)23/h1-2,5-6,8-13,17,19-22H,3-4H2,(H,24,25)(H,26,27)(H,15,18,23)/p-2/t5-,6-,8+,9-,10-,11-,12-,13?/m1/s1. The molecule has 3 rings (SSSR count). The maximum Gasteiger partial charge on any atom is 0.330 e. The lowest BCUT2D eigenvalue weighted by atomic mass is 10.1. The molecule has 0 radical (unpaired) electrons. The molecule has 0 aliphatic carbocycles. The van der Waals surface area contributed by atoms with Gasteiger partial charge in [-0.3, -0.25) is 28.0 Å². The van der Waals surface area contributed by atoms with Crippen molar-refractivity contribution in [3.8, 4) is 0 Å². The second kappa shape index (κ2) is 10.3. The van der Waals surface area contributed by atoms with E-state index in [4.69, 9.17) is 4.74 Å². The lowest BCUT2D eigenvalue weighted by molar-refractivity contribution is -0.285. The number of aromatic nitrogens is 2. The first-order valence-electron chi connectivity index (χ1n) is 9.36. The van der Waals surface area contributed by atoms with Crippen LogP contribution in [-0.2, 0) is 32.0 Å². The Morgan fingerprint density at radius 2 is 1.74 bits per heavy atom. The summed E-state index contributed by atoms with van der Waals surface area (Å²) in [7, 11) is -11.5. The van der Waals surface area contributed by atoms with E-state index in [-0.39, 0.29) is 0 Å². The smallest absolute Gasteiger partial charge is 0.330 e. The SMILES string of the molecule is O=c1ccn([C@@H]2O[C@H](COP(=O)([O-])OP(=O)([O-])OC3OC[C@@H](O)[C@H](O)[C@H]3O)[C@@H](O)[C@H]2O)c(=O)[nH]1. The summed E-state index contributed by atoms with van der Waals surface area (Å²) in [5, 5.41) is 48.6. The van der Waals surface area contributed by atoms with Crippen molar-refractivity contribution in [2.24, 2.45) is 0 Å². The third-order valence-corrected chi connectivity index (χ3v) is 7.28. The molecule has 18 nitrogen and oxygen atoms in total. The first-order valence-corrected chi connectivity index (χ1v) is 12.3. The Morgan fingerprint density at radius 3 is 2.38 bits per heavy atom. The van der Waals surface area contributed by atoms with Gasteiger partial charge in [-0.2, -0.15) is 0 Å². The molecule has 2 saturated heterocycles. The molecular weight excluding hydrogens is 514 g/mol. The number of rotatable bonds is 8. The molecule has 6 N–H and O–H groups in total. The van der Waals surface area contributed by atoms with Crippen LogP contribution in [0.15, 0.2) is 21.9 Å². The second-order valence-corrected chi connectivity index (χ2v) is 10.1. The molecular formula is C14H20N2O16P2-2. The van der Waals surface area contributed by atoms with Gasteiger partial charge in [-0.1, -0.05) is 0 Å². The summed E-state index contributed by atoms with van der Waals surface area (Å²) in [6, 6.07) is 0.922. The lowest BCUT2D eigenvalue weighted by Gasteiger charge is -2.38. The molecule has 10 atom stereocenters. The molecule has 2 aliphatic rings. The molecule has 1 aromatic rings. The fourth-order valence-corrected chi connectivity index (χ4v) is 5.15. The zero-order valence-electron chi connectivity index (χ0n) is 16.8. The molecule has 20 heteroatoms. The van der Waals surface area contributed by atoms with Gasteiger partial charge in [0.15, 0.2) is 12.5 Å². The monoisotopic (exact) mass is 534 g/mol. The molecule has 0 spiro atoms. The Hall–Kier alpha value is -1.34. The second-order valence-electron chi connectivity index (χ2n) is 7.19. The third kappa shape index (κ3) is 6.26. The number of phosphoric acid groups is 2. The molecule has 0 aromatic carbocycles. The van der Waals surface area contributed by atoms with Crippen molar-refractivity contribution in [2.45, 2.75) is 49.1 Å². The summed E-state index contributed by atoms with van der Waals surface area (Å²) in [5.41, 5.74) is -1.75. The number of hydrogen-bond acceptors (Lipinski definition) is 16. The van der Waals surface area contributed by atoms with Crippen molar-refractivity contribution in [1.82, 2.24) is 9.55 Å². The minimum absolute atomic E-state index is 0.646. The fraction of sp³-hybridized carbons (Fsp3) is 0.714. The zero-order chi connectivity index (χ0) is 25.4. The van der Waals surface area contributed by atoms with Gasteiger partial charge in [0.25, 0.3) is 21.2 Å². The van der Waals surface area contributed by atoms with Crippen LogP contribution in [0.5, 0.6) is 0 Å². The molecule has 0 saturated carbocycles. The van der Waals surface area contributed by atoms with Gasteiger partial charge in [-0.15, -0.1) is 0 Å². The van der Waals surface area contributed by atoms with Crippen molar-refractivity contribution in [2.75, 3.05) is 13.2 Å². The summed E-state index contributed by atoms with van der Waals surface area (Å²) in [4.78, 5) is 48.7. The van der Waals surface area contributed by atoms with Gasteiger partial charge in [-0.25, -0.2) is 9.11 Å². The van der Waals surface area contributed by atoms with Crippen LogP contribution in [-0.4, -0.2) is 91.2 Å². The molecule has 2 fully saturated rings. The predicted molar refractivity (Wildman–Crippen MR) is 98.3 cm³/mol. The van der Waals surface area contributed by atoms with E-state index in [9.17, 15) is 54.0 Å². The normalized spacial score (nSPS) is 37.7. The van der Waals surface area contributed by atoms with E-state index < -0.39 is 89.2 Å². The summed E-state index contributed by atoms with van der Waals surface area (Å²) in [5.74, 6) is 0. The highest BCUT2D eigenvalue weighted by Gasteiger charge is 2.45. The Morgan fingerprint density at radius 1 is 1.06 bits per heavy atom. The van der Waals surface area contributed by atoms with E-state index in [1.165, 1.54) is 0 Å². The lowest BCUT2D eigenvalue weighted by Crippen LogP contribution is -2.53. The zero-order valence-corrected chi connectivity index (χ0v) is 18.5. The van der Waals surface area contributed by atoms with Gasteiger partial charge < -0.3 is 49.3 Å². The molecule has 0 amide bonds. The van der Waals surface area contributed by atoms with Crippen LogP contribution in [0.2, 0.25) is 0 Å². The number of nitrogens with one attached hydrogen (secondary N) is 1.